The minimum absolute atomic E-state index is 0. The second kappa shape index (κ2) is 13.1. The van der Waals surface area contributed by atoms with Gasteiger partial charge in [-0.25, -0.2) is 4.99 Å². The number of carbonyl (C=O) groups is 1. The molecule has 11 heteroatoms. The van der Waals surface area contributed by atoms with E-state index in [2.05, 4.69) is 44.4 Å². The van der Waals surface area contributed by atoms with Crippen molar-refractivity contribution in [3.8, 4) is 0 Å². The van der Waals surface area contributed by atoms with Crippen molar-refractivity contribution < 1.29 is 20.1 Å². The third kappa shape index (κ3) is 6.84. The van der Waals surface area contributed by atoms with Crippen LogP contribution < -0.4 is 5.32 Å². The summed E-state index contributed by atoms with van der Waals surface area (Å²) < 4.78 is 5.91. The van der Waals surface area contributed by atoms with E-state index >= 15 is 0 Å². The molecule has 5 rings (SSSR count). The summed E-state index contributed by atoms with van der Waals surface area (Å²) in [6.07, 6.45) is 5.16. The number of halogens is 2. The molecular formula is C24H33Cl2N5O4. The van der Waals surface area contributed by atoms with Gasteiger partial charge in [-0.15, -0.1) is 24.8 Å². The molecular weight excluding hydrogens is 493 g/mol. The number of hydrogen-bond donors (Lipinski definition) is 2. The highest BCUT2D eigenvalue weighted by molar-refractivity contribution is 6.05. The summed E-state index contributed by atoms with van der Waals surface area (Å²) in [6, 6.07) is 10.5. The van der Waals surface area contributed by atoms with Crippen LogP contribution in [-0.2, 0) is 16.1 Å². The number of fused-ring (bicyclic) bond motifs is 2. The molecule has 0 radical (unpaired) electrons. The number of aliphatic hydroxyl groups excluding tert-OH is 1. The van der Waals surface area contributed by atoms with Crippen molar-refractivity contribution in [2.45, 2.75) is 19.1 Å². The maximum Gasteiger partial charge on any atom is 0.188 e. The van der Waals surface area contributed by atoms with Crippen LogP contribution in [0.3, 0.4) is 0 Å². The minimum Gasteiger partial charge on any atom is -0.493 e. The Kier molecular flexibility index (Phi) is 10.8. The van der Waals surface area contributed by atoms with Gasteiger partial charge >= 0.3 is 0 Å². The molecule has 0 bridgehead atoms. The molecule has 4 heterocycles. The lowest BCUT2D eigenvalue weighted by atomic mass is 10.1. The number of piperazine rings is 1. The van der Waals surface area contributed by atoms with E-state index < -0.39 is 6.10 Å². The number of Topliss-reactive ketones (excluding diaryl/α,β-unsaturated/α-hetero) is 1. The van der Waals surface area contributed by atoms with Gasteiger partial charge < -0.3 is 25.5 Å². The first-order valence-electron chi connectivity index (χ1n) is 11.2. The van der Waals surface area contributed by atoms with Gasteiger partial charge in [-0.1, -0.05) is 30.3 Å². The topological polar surface area (TPSA) is 112 Å². The number of allylic oxidation sites excluding steroid dienone is 2. The second-order valence-electron chi connectivity index (χ2n) is 8.58. The Balaban J connectivity index is 0.00000144. The van der Waals surface area contributed by atoms with Gasteiger partial charge in [0.05, 0.1) is 12.2 Å². The van der Waals surface area contributed by atoms with E-state index in [0.29, 0.717) is 31.0 Å². The van der Waals surface area contributed by atoms with E-state index in [0.717, 1.165) is 44.2 Å². The van der Waals surface area contributed by atoms with Crippen molar-refractivity contribution in [3.05, 3.63) is 71.1 Å². The van der Waals surface area contributed by atoms with Gasteiger partial charge in [-0.05, 0) is 5.56 Å². The Morgan fingerprint density at radius 2 is 1.80 bits per heavy atom. The van der Waals surface area contributed by atoms with E-state index in [4.69, 9.17) is 4.74 Å². The lowest BCUT2D eigenvalue weighted by Gasteiger charge is -2.35. The molecule has 0 amide bonds. The SMILES string of the molecule is Cl.Cl.O.O=C1CC=NC2=C1NC=C1C=C(OCC(O)CN3CCN(Cc4ccccc4)CC3)CN12. The van der Waals surface area contributed by atoms with Gasteiger partial charge in [-0.2, -0.15) is 0 Å². The smallest absolute Gasteiger partial charge is 0.188 e. The molecule has 0 aromatic heterocycles. The van der Waals surface area contributed by atoms with Gasteiger partial charge in [0.25, 0.3) is 0 Å². The first-order valence-corrected chi connectivity index (χ1v) is 11.2. The maximum atomic E-state index is 12.1. The molecule has 4 aliphatic rings. The largest absolute Gasteiger partial charge is 0.493 e. The summed E-state index contributed by atoms with van der Waals surface area (Å²) in [7, 11) is 0. The number of aliphatic hydroxyl groups is 1. The Bertz CT molecular complexity index is 991. The van der Waals surface area contributed by atoms with Gasteiger partial charge in [0.15, 0.2) is 11.6 Å². The van der Waals surface area contributed by atoms with E-state index in [-0.39, 0.29) is 42.7 Å². The summed E-state index contributed by atoms with van der Waals surface area (Å²) in [5.41, 5.74) is 2.79. The van der Waals surface area contributed by atoms with Crippen LogP contribution in [0.4, 0.5) is 0 Å². The Hall–Kier alpha value is -2.40. The normalized spacial score (nSPS) is 20.3. The van der Waals surface area contributed by atoms with Crippen LogP contribution in [0, 0.1) is 0 Å². The second-order valence-corrected chi connectivity index (χ2v) is 8.58. The predicted octanol–water partition coefficient (Wildman–Crippen LogP) is 1.06. The Morgan fingerprint density at radius 3 is 2.54 bits per heavy atom. The van der Waals surface area contributed by atoms with Crippen LogP contribution in [0.5, 0.6) is 0 Å². The molecule has 1 atom stereocenters. The van der Waals surface area contributed by atoms with Crippen molar-refractivity contribution in [3.63, 3.8) is 0 Å². The molecule has 4 N–H and O–H groups in total. The van der Waals surface area contributed by atoms with Gasteiger partial charge in [-0.3, -0.25) is 14.6 Å². The van der Waals surface area contributed by atoms with Crippen molar-refractivity contribution in [1.82, 2.24) is 20.0 Å². The third-order valence-corrected chi connectivity index (χ3v) is 6.19. The molecule has 0 aliphatic carbocycles. The first-order chi connectivity index (χ1) is 15.7. The van der Waals surface area contributed by atoms with Crippen molar-refractivity contribution in [2.24, 2.45) is 4.99 Å². The van der Waals surface area contributed by atoms with Crippen LogP contribution in [0.15, 0.2) is 70.6 Å². The van der Waals surface area contributed by atoms with E-state index in [1.807, 2.05) is 17.0 Å². The van der Waals surface area contributed by atoms with E-state index in [1.165, 1.54) is 5.56 Å². The summed E-state index contributed by atoms with van der Waals surface area (Å²) in [6.45, 7) is 6.24. The van der Waals surface area contributed by atoms with Gasteiger partial charge in [0, 0.05) is 64.2 Å². The Morgan fingerprint density at radius 1 is 1.09 bits per heavy atom. The third-order valence-electron chi connectivity index (χ3n) is 6.19. The van der Waals surface area contributed by atoms with Crippen molar-refractivity contribution >= 4 is 36.8 Å². The van der Waals surface area contributed by atoms with Crippen LogP contribution in [0.25, 0.3) is 0 Å². The number of nitrogens with zero attached hydrogens (tertiary/aromatic N) is 4. The fourth-order valence-corrected chi connectivity index (χ4v) is 4.47. The zero-order valence-corrected chi connectivity index (χ0v) is 21.1. The van der Waals surface area contributed by atoms with Gasteiger partial charge in [0.1, 0.15) is 24.2 Å². The van der Waals surface area contributed by atoms with E-state index in [9.17, 15) is 9.90 Å². The quantitative estimate of drug-likeness (QED) is 0.547. The number of nitrogens with one attached hydrogen (secondary N) is 1. The summed E-state index contributed by atoms with van der Waals surface area (Å²) in [5, 5.41) is 13.6. The minimum atomic E-state index is -0.551. The summed E-state index contributed by atoms with van der Waals surface area (Å²) >= 11 is 0. The molecule has 4 aliphatic heterocycles. The number of ether oxygens (including phenoxy) is 1. The number of rotatable bonds is 7. The zero-order valence-electron chi connectivity index (χ0n) is 19.4. The monoisotopic (exact) mass is 525 g/mol. The van der Waals surface area contributed by atoms with Crippen molar-refractivity contribution in [1.29, 1.82) is 0 Å². The standard InChI is InChI=1S/C24H29N5O3.2ClH.H2O/c30-20(15-28-10-8-27(9-11-28)14-18-4-2-1-3-5-18)17-32-21-12-19-13-26-23-22(31)6-7-25-24(23)29(19)16-21;;;/h1-5,7,12-13,20,26,30H,6,8-11,14-17H2;2*1H;1H2. The van der Waals surface area contributed by atoms with Crippen molar-refractivity contribution in [2.75, 3.05) is 45.9 Å². The molecule has 192 valence electrons. The average molecular weight is 526 g/mol. The number of hydrogen-bond acceptors (Lipinski definition) is 8. The summed E-state index contributed by atoms with van der Waals surface area (Å²) in [4.78, 5) is 23.2. The lowest BCUT2D eigenvalue weighted by molar-refractivity contribution is -0.115. The molecule has 9 nitrogen and oxygen atoms in total. The molecule has 1 aromatic rings. The van der Waals surface area contributed by atoms with Crippen LogP contribution in [0.2, 0.25) is 0 Å². The van der Waals surface area contributed by atoms with Gasteiger partial charge in [0.2, 0.25) is 0 Å². The number of benzene rings is 1. The predicted molar refractivity (Wildman–Crippen MR) is 139 cm³/mol. The fraction of sp³-hybridized carbons (Fsp3) is 0.417. The summed E-state index contributed by atoms with van der Waals surface area (Å²) in [5.74, 6) is 1.45. The number of carbonyl (C=O) groups excluding carboxylic acids is 1. The molecule has 35 heavy (non-hydrogen) atoms. The molecule has 0 spiro atoms. The van der Waals surface area contributed by atoms with Crippen LogP contribution in [0.1, 0.15) is 12.0 Å². The zero-order chi connectivity index (χ0) is 21.9. The molecule has 1 fully saturated rings. The lowest BCUT2D eigenvalue weighted by Crippen LogP contribution is -2.48. The highest BCUT2D eigenvalue weighted by Gasteiger charge is 2.32. The van der Waals surface area contributed by atoms with Crippen LogP contribution in [-0.4, -0.2) is 89.3 Å². The Labute approximate surface area is 217 Å². The number of β-amino-alcohol motifs (C(OH)–C–C–N with tert-alkyl or cyclic N) is 1. The molecule has 1 unspecified atom stereocenters. The highest BCUT2D eigenvalue weighted by atomic mass is 35.5. The fourth-order valence-electron chi connectivity index (χ4n) is 4.47. The van der Waals surface area contributed by atoms with Crippen LogP contribution >= 0.6 is 24.8 Å². The number of ketones is 1. The maximum absolute atomic E-state index is 12.1. The average Bonchev–Trinajstić information content (AvgIpc) is 3.24. The molecule has 0 saturated carbocycles. The molecule has 1 aromatic carbocycles. The first kappa shape index (κ1) is 28.8. The highest BCUT2D eigenvalue weighted by Crippen LogP contribution is 2.31. The molecule has 1 saturated heterocycles. The van der Waals surface area contributed by atoms with E-state index in [1.54, 1.807) is 12.4 Å². The number of aliphatic imine (C=N–C) groups is 1.